The second-order valence-electron chi connectivity index (χ2n) is 5.65. The molecule has 0 bridgehead atoms. The first-order valence-corrected chi connectivity index (χ1v) is 11.1. The molecule has 0 amide bonds. The Morgan fingerprint density at radius 1 is 1.16 bits per heavy atom. The lowest BCUT2D eigenvalue weighted by Crippen LogP contribution is -2.10. The second-order valence-corrected chi connectivity index (χ2v) is 6.65. The lowest BCUT2D eigenvalue weighted by Gasteiger charge is -2.06. The number of hydrogen-bond acceptors (Lipinski definition) is 7. The summed E-state index contributed by atoms with van der Waals surface area (Å²) in [5.74, 6) is -0.339. The van der Waals surface area contributed by atoms with Gasteiger partial charge in [0.1, 0.15) is 15.6 Å². The van der Waals surface area contributed by atoms with Crippen LogP contribution >= 0.6 is 11.3 Å². The Balaban J connectivity index is 0.000000771. The predicted octanol–water partition coefficient (Wildman–Crippen LogP) is 5.79. The van der Waals surface area contributed by atoms with Gasteiger partial charge in [0, 0.05) is 18.1 Å². The summed E-state index contributed by atoms with van der Waals surface area (Å²) in [6.07, 6.45) is 0.782. The molecule has 0 radical (unpaired) electrons. The third-order valence-electron chi connectivity index (χ3n) is 3.56. The zero-order valence-corrected chi connectivity index (χ0v) is 20.2. The van der Waals surface area contributed by atoms with Gasteiger partial charge in [-0.05, 0) is 43.7 Å². The molecule has 6 nitrogen and oxygen atoms in total. The van der Waals surface area contributed by atoms with Gasteiger partial charge < -0.3 is 10.4 Å². The van der Waals surface area contributed by atoms with Crippen LogP contribution in [0.25, 0.3) is 10.2 Å². The molecule has 3 rings (SSSR count). The molecule has 0 aliphatic rings. The number of carbonyl (C=O) groups excluding carboxylic acids is 1. The monoisotopic (exact) mass is 451 g/mol. The van der Waals surface area contributed by atoms with E-state index in [2.05, 4.69) is 20.6 Å². The molecule has 0 spiro atoms. The summed E-state index contributed by atoms with van der Waals surface area (Å²) in [4.78, 5) is 21.0. The van der Waals surface area contributed by atoms with Crippen molar-refractivity contribution in [3.8, 4) is 0 Å². The Morgan fingerprint density at radius 2 is 1.84 bits per heavy atom. The van der Waals surface area contributed by atoms with Gasteiger partial charge in [-0.25, -0.2) is 14.9 Å². The van der Waals surface area contributed by atoms with Crippen LogP contribution in [-0.2, 0) is 4.84 Å². The SMILES string of the molecule is CC.CC.CNOCCO.Cc1ccc(Nc2sc3nc(C)ccc3c2C=O)c(F)c1. The van der Waals surface area contributed by atoms with Gasteiger partial charge in [-0.15, -0.1) is 0 Å². The van der Waals surface area contributed by atoms with Crippen LogP contribution in [0.2, 0.25) is 0 Å². The Kier molecular flexibility index (Phi) is 15.1. The standard InChI is InChI=1S/C16H13FN2OS.C3H9NO2.2C2H6/c1-9-3-6-14(13(17)7-9)19-16-12(8-20)11-5-4-10(2)18-15(11)21-16;1-4-6-3-2-5;2*1-2/h3-8,19H,1-2H3;4-5H,2-3H2,1H3;2*1-2H3. The van der Waals surface area contributed by atoms with E-state index in [-0.39, 0.29) is 12.4 Å². The highest BCUT2D eigenvalue weighted by molar-refractivity contribution is 7.23. The van der Waals surface area contributed by atoms with Crippen LogP contribution in [0, 0.1) is 19.7 Å². The van der Waals surface area contributed by atoms with Gasteiger partial charge in [0.05, 0.1) is 24.5 Å². The number of halogens is 1. The lowest BCUT2D eigenvalue weighted by atomic mass is 10.2. The van der Waals surface area contributed by atoms with Gasteiger partial charge in [-0.3, -0.25) is 9.63 Å². The van der Waals surface area contributed by atoms with E-state index in [0.29, 0.717) is 22.9 Å². The molecule has 2 heterocycles. The van der Waals surface area contributed by atoms with Crippen molar-refractivity contribution < 1.29 is 19.1 Å². The number of carbonyl (C=O) groups is 1. The number of aromatic nitrogens is 1. The van der Waals surface area contributed by atoms with Gasteiger partial charge in [0.2, 0.25) is 0 Å². The molecule has 0 saturated heterocycles. The molecule has 172 valence electrons. The number of benzene rings is 1. The molecule has 31 heavy (non-hydrogen) atoms. The summed E-state index contributed by atoms with van der Waals surface area (Å²) < 4.78 is 13.9. The van der Waals surface area contributed by atoms with Crippen LogP contribution in [0.1, 0.15) is 49.3 Å². The van der Waals surface area contributed by atoms with E-state index in [4.69, 9.17) is 5.11 Å². The number of hydrogen-bond donors (Lipinski definition) is 3. The van der Waals surface area contributed by atoms with Gasteiger partial charge in [-0.1, -0.05) is 45.1 Å². The first-order chi connectivity index (χ1) is 15.0. The van der Waals surface area contributed by atoms with Gasteiger partial charge in [0.15, 0.2) is 6.29 Å². The van der Waals surface area contributed by atoms with Crippen LogP contribution in [0.15, 0.2) is 30.3 Å². The second kappa shape index (κ2) is 16.3. The summed E-state index contributed by atoms with van der Waals surface area (Å²) in [5.41, 5.74) is 5.01. The minimum Gasteiger partial charge on any atom is -0.394 e. The van der Waals surface area contributed by atoms with Crippen molar-refractivity contribution in [2.45, 2.75) is 41.5 Å². The molecule has 0 saturated carbocycles. The smallest absolute Gasteiger partial charge is 0.153 e. The highest BCUT2D eigenvalue weighted by Gasteiger charge is 2.14. The summed E-state index contributed by atoms with van der Waals surface area (Å²) >= 11 is 1.35. The highest BCUT2D eigenvalue weighted by atomic mass is 32.1. The molecule has 0 unspecified atom stereocenters. The third kappa shape index (κ3) is 9.10. The zero-order chi connectivity index (χ0) is 23.8. The molecule has 0 aliphatic carbocycles. The fourth-order valence-corrected chi connectivity index (χ4v) is 3.39. The number of nitrogens with one attached hydrogen (secondary N) is 2. The minimum atomic E-state index is -0.339. The number of thiophene rings is 1. The average Bonchev–Trinajstić information content (AvgIpc) is 3.13. The number of anilines is 2. The van der Waals surface area contributed by atoms with Crippen molar-refractivity contribution >= 4 is 38.5 Å². The molecular weight excluding hydrogens is 417 g/mol. The van der Waals surface area contributed by atoms with Crippen LogP contribution in [0.5, 0.6) is 0 Å². The molecular formula is C23H34FN3O3S. The lowest BCUT2D eigenvalue weighted by molar-refractivity contribution is 0.0314. The van der Waals surface area contributed by atoms with Gasteiger partial charge in [0.25, 0.3) is 0 Å². The number of aliphatic hydroxyl groups excluding tert-OH is 1. The number of aldehydes is 1. The summed E-state index contributed by atoms with van der Waals surface area (Å²) in [6.45, 7) is 12.2. The van der Waals surface area contributed by atoms with E-state index in [0.717, 1.165) is 27.8 Å². The maximum Gasteiger partial charge on any atom is 0.153 e. The normalized spacial score (nSPS) is 9.45. The van der Waals surface area contributed by atoms with Crippen molar-refractivity contribution in [3.05, 3.63) is 53.0 Å². The Labute approximate surface area is 188 Å². The van der Waals surface area contributed by atoms with Crippen molar-refractivity contribution in [3.63, 3.8) is 0 Å². The number of aryl methyl sites for hydroxylation is 2. The average molecular weight is 452 g/mol. The van der Waals surface area contributed by atoms with Crippen LogP contribution < -0.4 is 10.8 Å². The predicted molar refractivity (Wildman–Crippen MR) is 129 cm³/mol. The topological polar surface area (TPSA) is 83.5 Å². The number of fused-ring (bicyclic) bond motifs is 1. The van der Waals surface area contributed by atoms with E-state index < -0.39 is 0 Å². The fraction of sp³-hybridized carbons (Fsp3) is 0.391. The Morgan fingerprint density at radius 3 is 2.35 bits per heavy atom. The molecule has 3 aromatic rings. The van der Waals surface area contributed by atoms with Crippen molar-refractivity contribution in [1.29, 1.82) is 0 Å². The van der Waals surface area contributed by atoms with E-state index in [9.17, 15) is 9.18 Å². The third-order valence-corrected chi connectivity index (χ3v) is 4.59. The van der Waals surface area contributed by atoms with E-state index in [1.807, 2.05) is 59.7 Å². The molecule has 3 N–H and O–H groups in total. The molecule has 0 atom stereocenters. The summed E-state index contributed by atoms with van der Waals surface area (Å²) in [6, 6.07) is 8.68. The van der Waals surface area contributed by atoms with E-state index in [1.54, 1.807) is 13.1 Å². The molecule has 1 aromatic carbocycles. The number of rotatable bonds is 6. The number of aliphatic hydroxyl groups is 1. The van der Waals surface area contributed by atoms with Crippen LogP contribution in [-0.4, -0.2) is 36.6 Å². The van der Waals surface area contributed by atoms with Crippen LogP contribution in [0.3, 0.4) is 0 Å². The highest BCUT2D eigenvalue weighted by Crippen LogP contribution is 2.36. The fourth-order valence-electron chi connectivity index (χ4n) is 2.29. The first-order valence-electron chi connectivity index (χ1n) is 10.3. The van der Waals surface area contributed by atoms with Gasteiger partial charge >= 0.3 is 0 Å². The maximum absolute atomic E-state index is 13.9. The molecule has 8 heteroatoms. The number of pyridine rings is 1. The minimum absolute atomic E-state index is 0.0703. The number of hydroxylamine groups is 1. The zero-order valence-electron chi connectivity index (χ0n) is 19.4. The number of nitrogens with zero attached hydrogens (tertiary/aromatic N) is 1. The maximum atomic E-state index is 13.9. The molecule has 0 fully saturated rings. The quantitative estimate of drug-likeness (QED) is 0.250. The van der Waals surface area contributed by atoms with Crippen molar-refractivity contribution in [2.75, 3.05) is 25.6 Å². The Bertz CT molecular complexity index is 912. The van der Waals surface area contributed by atoms with Crippen molar-refractivity contribution in [2.24, 2.45) is 0 Å². The summed E-state index contributed by atoms with van der Waals surface area (Å²) in [5, 5.41) is 12.4. The molecule has 2 aromatic heterocycles. The van der Waals surface area contributed by atoms with Gasteiger partial charge in [-0.2, -0.15) is 0 Å². The first kappa shape index (κ1) is 28.6. The Hall–Kier alpha value is -2.39. The van der Waals surface area contributed by atoms with Crippen LogP contribution in [0.4, 0.5) is 15.1 Å². The molecule has 0 aliphatic heterocycles. The summed E-state index contributed by atoms with van der Waals surface area (Å²) in [7, 11) is 1.65. The largest absolute Gasteiger partial charge is 0.394 e. The van der Waals surface area contributed by atoms with E-state index >= 15 is 0 Å². The van der Waals surface area contributed by atoms with E-state index in [1.165, 1.54) is 17.4 Å². The van der Waals surface area contributed by atoms with Crippen molar-refractivity contribution in [1.82, 2.24) is 10.5 Å².